The highest BCUT2D eigenvalue weighted by molar-refractivity contribution is 7.09. The normalized spacial score (nSPS) is 18.3. The third-order valence-electron chi connectivity index (χ3n) is 4.10. The lowest BCUT2D eigenvalue weighted by molar-refractivity contribution is -0.135. The Morgan fingerprint density at radius 2 is 2.26 bits per heavy atom. The summed E-state index contributed by atoms with van der Waals surface area (Å²) in [7, 11) is 0. The van der Waals surface area contributed by atoms with Crippen LogP contribution < -0.4 is 0 Å². The number of carbonyl (C=O) groups excluding carboxylic acids is 1. The molecule has 1 aliphatic rings. The summed E-state index contributed by atoms with van der Waals surface area (Å²) < 4.78 is 5.09. The van der Waals surface area contributed by atoms with Crippen molar-refractivity contribution in [3.8, 4) is 0 Å². The molecule has 2 aromatic rings. The molecule has 2 aromatic heterocycles. The third-order valence-corrected chi connectivity index (χ3v) is 5.16. The van der Waals surface area contributed by atoms with Crippen molar-refractivity contribution in [1.82, 2.24) is 20.0 Å². The molecule has 7 heteroatoms. The van der Waals surface area contributed by atoms with Crippen molar-refractivity contribution in [2.45, 2.75) is 58.4 Å². The Balaban J connectivity index is 1.57. The molecule has 0 aromatic carbocycles. The van der Waals surface area contributed by atoms with Crippen LogP contribution in [0, 0.1) is 13.8 Å². The van der Waals surface area contributed by atoms with Crippen LogP contribution in [0.25, 0.3) is 0 Å². The molecule has 3 rings (SSSR count). The van der Waals surface area contributed by atoms with Gasteiger partial charge in [0.1, 0.15) is 5.01 Å². The fourth-order valence-electron chi connectivity index (χ4n) is 2.99. The lowest BCUT2D eigenvalue weighted by atomic mass is 10.0. The molecule has 1 aliphatic heterocycles. The predicted octanol–water partition coefficient (Wildman–Crippen LogP) is 3.22. The van der Waals surface area contributed by atoms with Crippen molar-refractivity contribution in [3.63, 3.8) is 0 Å². The van der Waals surface area contributed by atoms with E-state index in [-0.39, 0.29) is 11.9 Å². The lowest BCUT2D eigenvalue weighted by Gasteiger charge is -2.34. The molecular formula is C16H22N4O2S. The van der Waals surface area contributed by atoms with Crippen molar-refractivity contribution < 1.29 is 9.32 Å². The maximum Gasteiger partial charge on any atom is 0.226 e. The highest BCUT2D eigenvalue weighted by atomic mass is 32.1. The van der Waals surface area contributed by atoms with Gasteiger partial charge in [0.2, 0.25) is 11.8 Å². The van der Waals surface area contributed by atoms with E-state index in [1.807, 2.05) is 11.8 Å². The molecule has 0 saturated carbocycles. The second-order valence-electron chi connectivity index (χ2n) is 6.01. The molecule has 0 bridgehead atoms. The van der Waals surface area contributed by atoms with Crippen LogP contribution in [-0.4, -0.2) is 32.5 Å². The Bertz CT molecular complexity index is 667. The van der Waals surface area contributed by atoms with Gasteiger partial charge in [0.15, 0.2) is 5.82 Å². The van der Waals surface area contributed by atoms with Gasteiger partial charge in [0.05, 0.1) is 6.04 Å². The fraction of sp³-hybridized carbons (Fsp3) is 0.625. The van der Waals surface area contributed by atoms with Gasteiger partial charge in [0.25, 0.3) is 0 Å². The molecule has 23 heavy (non-hydrogen) atoms. The van der Waals surface area contributed by atoms with E-state index >= 15 is 0 Å². The minimum atomic E-state index is 0.153. The summed E-state index contributed by atoms with van der Waals surface area (Å²) in [6.07, 6.45) is 5.16. The van der Waals surface area contributed by atoms with Gasteiger partial charge in [-0.05, 0) is 39.5 Å². The molecule has 1 fully saturated rings. The van der Waals surface area contributed by atoms with E-state index in [0.717, 1.165) is 42.9 Å². The highest BCUT2D eigenvalue weighted by Crippen LogP contribution is 2.33. The first-order valence-corrected chi connectivity index (χ1v) is 9.02. The zero-order chi connectivity index (χ0) is 16.2. The van der Waals surface area contributed by atoms with Crippen molar-refractivity contribution in [1.29, 1.82) is 0 Å². The van der Waals surface area contributed by atoms with E-state index in [1.54, 1.807) is 18.3 Å². The van der Waals surface area contributed by atoms with Crippen molar-refractivity contribution >= 4 is 17.2 Å². The monoisotopic (exact) mass is 334 g/mol. The maximum absolute atomic E-state index is 12.6. The molecule has 0 aliphatic carbocycles. The largest absolute Gasteiger partial charge is 0.339 e. The number of nitrogens with zero attached hydrogens (tertiary/aromatic N) is 4. The summed E-state index contributed by atoms with van der Waals surface area (Å²) in [6, 6.07) is 0.153. The molecule has 124 valence electrons. The lowest BCUT2D eigenvalue weighted by Crippen LogP contribution is -2.38. The summed E-state index contributed by atoms with van der Waals surface area (Å²) in [5.74, 6) is 1.46. The van der Waals surface area contributed by atoms with Gasteiger partial charge in [-0.1, -0.05) is 5.16 Å². The Morgan fingerprint density at radius 3 is 2.96 bits per heavy atom. The van der Waals surface area contributed by atoms with Crippen LogP contribution in [0.15, 0.2) is 9.90 Å². The van der Waals surface area contributed by atoms with Gasteiger partial charge in [-0.2, -0.15) is 4.98 Å². The van der Waals surface area contributed by atoms with Crippen molar-refractivity contribution in [3.05, 3.63) is 27.8 Å². The number of aromatic nitrogens is 3. The van der Waals surface area contributed by atoms with Crippen LogP contribution in [-0.2, 0) is 11.2 Å². The van der Waals surface area contributed by atoms with Crippen molar-refractivity contribution in [2.24, 2.45) is 0 Å². The van der Waals surface area contributed by atoms with Gasteiger partial charge in [0, 0.05) is 30.5 Å². The van der Waals surface area contributed by atoms with Crippen LogP contribution in [0.2, 0.25) is 0 Å². The van der Waals surface area contributed by atoms with Crippen LogP contribution in [0.1, 0.15) is 60.6 Å². The van der Waals surface area contributed by atoms with E-state index in [4.69, 9.17) is 4.52 Å². The highest BCUT2D eigenvalue weighted by Gasteiger charge is 2.29. The molecular weight excluding hydrogens is 312 g/mol. The molecule has 0 spiro atoms. The van der Waals surface area contributed by atoms with E-state index in [0.29, 0.717) is 24.6 Å². The molecule has 0 N–H and O–H groups in total. The molecule has 3 heterocycles. The SMILES string of the molecule is Cc1csc(C2CCCCN2C(=O)CCCc2nc(C)no2)n1. The number of rotatable bonds is 5. The average Bonchev–Trinajstić information content (AvgIpc) is 3.16. The third kappa shape index (κ3) is 3.96. The molecule has 1 saturated heterocycles. The number of likely N-dealkylation sites (tertiary alicyclic amines) is 1. The zero-order valence-corrected chi connectivity index (χ0v) is 14.4. The maximum atomic E-state index is 12.6. The average molecular weight is 334 g/mol. The Hall–Kier alpha value is -1.76. The number of piperidine rings is 1. The van der Waals surface area contributed by atoms with E-state index in [9.17, 15) is 4.79 Å². The van der Waals surface area contributed by atoms with E-state index < -0.39 is 0 Å². The summed E-state index contributed by atoms with van der Waals surface area (Å²) in [6.45, 7) is 4.63. The number of amides is 1. The first-order chi connectivity index (χ1) is 11.1. The molecule has 1 amide bonds. The number of thiazole rings is 1. The number of carbonyl (C=O) groups is 1. The Kier molecular flexibility index (Phi) is 5.05. The summed E-state index contributed by atoms with van der Waals surface area (Å²) >= 11 is 1.66. The summed E-state index contributed by atoms with van der Waals surface area (Å²) in [5.41, 5.74) is 1.04. The van der Waals surface area contributed by atoms with Crippen LogP contribution in [0.4, 0.5) is 0 Å². The first kappa shape index (κ1) is 16.1. The fourth-order valence-corrected chi connectivity index (χ4v) is 3.93. The predicted molar refractivity (Wildman–Crippen MR) is 87.1 cm³/mol. The smallest absolute Gasteiger partial charge is 0.226 e. The topological polar surface area (TPSA) is 72.1 Å². The number of hydrogen-bond acceptors (Lipinski definition) is 6. The van der Waals surface area contributed by atoms with Gasteiger partial charge < -0.3 is 9.42 Å². The standard InChI is InChI=1S/C16H22N4O2S/c1-11-10-23-16(17-11)13-6-3-4-9-20(13)15(21)8-5-7-14-18-12(2)19-22-14/h10,13H,3-9H2,1-2H3. The summed E-state index contributed by atoms with van der Waals surface area (Å²) in [4.78, 5) is 23.4. The zero-order valence-electron chi connectivity index (χ0n) is 13.6. The second-order valence-corrected chi connectivity index (χ2v) is 6.90. The van der Waals surface area contributed by atoms with E-state index in [1.165, 1.54) is 0 Å². The Labute approximate surface area is 139 Å². The minimum Gasteiger partial charge on any atom is -0.339 e. The molecule has 0 radical (unpaired) electrons. The Morgan fingerprint density at radius 1 is 1.39 bits per heavy atom. The van der Waals surface area contributed by atoms with Gasteiger partial charge in [-0.15, -0.1) is 11.3 Å². The van der Waals surface area contributed by atoms with Crippen LogP contribution >= 0.6 is 11.3 Å². The molecule has 1 unspecified atom stereocenters. The summed E-state index contributed by atoms with van der Waals surface area (Å²) in [5, 5.41) is 6.90. The van der Waals surface area contributed by atoms with Gasteiger partial charge >= 0.3 is 0 Å². The first-order valence-electron chi connectivity index (χ1n) is 8.14. The van der Waals surface area contributed by atoms with Crippen LogP contribution in [0.5, 0.6) is 0 Å². The quantitative estimate of drug-likeness (QED) is 0.839. The van der Waals surface area contributed by atoms with Crippen molar-refractivity contribution in [2.75, 3.05) is 6.54 Å². The second kappa shape index (κ2) is 7.21. The molecule has 1 atom stereocenters. The van der Waals surface area contributed by atoms with Gasteiger partial charge in [-0.25, -0.2) is 4.98 Å². The number of hydrogen-bond donors (Lipinski definition) is 0. The van der Waals surface area contributed by atoms with Crippen LogP contribution in [0.3, 0.4) is 0 Å². The van der Waals surface area contributed by atoms with E-state index in [2.05, 4.69) is 20.5 Å². The minimum absolute atomic E-state index is 0.153. The molecule has 6 nitrogen and oxygen atoms in total. The number of aryl methyl sites for hydroxylation is 3. The van der Waals surface area contributed by atoms with Gasteiger partial charge in [-0.3, -0.25) is 4.79 Å².